The average Bonchev–Trinajstić information content (AvgIpc) is 2.98. The number of nitrogens with zero attached hydrogens (tertiary/aromatic N) is 1. The smallest absolute Gasteiger partial charge is 0.122 e. The minimum Gasteiger partial charge on any atom is -0.395 e. The molecule has 2 aliphatic heterocycles. The van der Waals surface area contributed by atoms with Crippen molar-refractivity contribution in [1.82, 2.24) is 0 Å². The summed E-state index contributed by atoms with van der Waals surface area (Å²) in [5, 5.41) is 7.67. The Hall–Kier alpha value is -1.94. The fourth-order valence-corrected chi connectivity index (χ4v) is 3.42. The Labute approximate surface area is 115 Å². The van der Waals surface area contributed by atoms with E-state index >= 15 is 0 Å². The van der Waals surface area contributed by atoms with Crippen molar-refractivity contribution >= 4 is 28.8 Å². The highest BCUT2D eigenvalue weighted by molar-refractivity contribution is 7.99. The van der Waals surface area contributed by atoms with Crippen LogP contribution in [0.5, 0.6) is 0 Å². The molecule has 2 aromatic carbocycles. The van der Waals surface area contributed by atoms with E-state index in [-0.39, 0.29) is 0 Å². The Morgan fingerprint density at radius 1 is 1.05 bits per heavy atom. The topological polar surface area (TPSA) is 33.6 Å². The summed E-state index contributed by atoms with van der Waals surface area (Å²) in [6.45, 7) is 0.683. The van der Waals surface area contributed by atoms with Crippen LogP contribution in [0.15, 0.2) is 57.4 Å². The molecule has 0 saturated heterocycles. The maximum Gasteiger partial charge on any atom is 0.122 e. The first-order chi connectivity index (χ1) is 9.42. The van der Waals surface area contributed by atoms with Crippen molar-refractivity contribution in [3.63, 3.8) is 0 Å². The molecule has 2 aliphatic rings. The summed E-state index contributed by atoms with van der Waals surface area (Å²) < 4.78 is 0. The van der Waals surface area contributed by atoms with Gasteiger partial charge in [-0.3, -0.25) is 0 Å². The van der Waals surface area contributed by atoms with Crippen molar-refractivity contribution in [1.29, 1.82) is 0 Å². The zero-order chi connectivity index (χ0) is 12.7. The van der Waals surface area contributed by atoms with Crippen LogP contribution in [0, 0.1) is 0 Å². The lowest BCUT2D eigenvalue weighted by Gasteiger charge is -2.22. The molecule has 1 N–H and O–H groups in total. The zero-order valence-electron chi connectivity index (χ0n) is 10.2. The van der Waals surface area contributed by atoms with E-state index in [0.29, 0.717) is 6.61 Å². The van der Waals surface area contributed by atoms with Crippen LogP contribution < -0.4 is 5.32 Å². The molecule has 4 heteroatoms. The lowest BCUT2D eigenvalue weighted by atomic mass is 10.1. The fraction of sp³-hybridized carbons (Fsp3) is 0.133. The first-order valence-corrected chi connectivity index (χ1v) is 7.09. The van der Waals surface area contributed by atoms with Gasteiger partial charge >= 0.3 is 0 Å². The van der Waals surface area contributed by atoms with E-state index < -0.39 is 0 Å². The van der Waals surface area contributed by atoms with E-state index in [2.05, 4.69) is 52.9 Å². The quantitative estimate of drug-likeness (QED) is 0.723. The third-order valence-corrected chi connectivity index (χ3v) is 4.44. The van der Waals surface area contributed by atoms with Crippen molar-refractivity contribution in [3.05, 3.63) is 48.0 Å². The monoisotopic (exact) mass is 268 g/mol. The molecule has 19 heavy (non-hydrogen) atoms. The van der Waals surface area contributed by atoms with Crippen LogP contribution in [0.3, 0.4) is 0 Å². The van der Waals surface area contributed by atoms with Gasteiger partial charge in [-0.15, -0.1) is 0 Å². The van der Waals surface area contributed by atoms with Crippen LogP contribution in [-0.4, -0.2) is 12.3 Å². The Morgan fingerprint density at radius 3 is 2.84 bits per heavy atom. The van der Waals surface area contributed by atoms with Gasteiger partial charge in [0.05, 0.1) is 17.1 Å². The number of benzene rings is 2. The molecule has 3 nitrogen and oxygen atoms in total. The summed E-state index contributed by atoms with van der Waals surface area (Å²) in [5.41, 5.74) is 4.49. The van der Waals surface area contributed by atoms with Crippen molar-refractivity contribution < 1.29 is 4.84 Å². The van der Waals surface area contributed by atoms with Gasteiger partial charge in [0, 0.05) is 21.8 Å². The van der Waals surface area contributed by atoms with Crippen molar-refractivity contribution in [2.45, 2.75) is 16.2 Å². The van der Waals surface area contributed by atoms with Gasteiger partial charge in [-0.05, 0) is 18.2 Å². The normalized spacial score (nSPS) is 15.9. The number of nitrogens with one attached hydrogen (secondary N) is 1. The Bertz CT molecular complexity index is 682. The molecule has 94 valence electrons. The van der Waals surface area contributed by atoms with E-state index in [4.69, 9.17) is 4.84 Å². The molecule has 2 aromatic rings. The van der Waals surface area contributed by atoms with Crippen LogP contribution in [0.2, 0.25) is 0 Å². The van der Waals surface area contributed by atoms with Gasteiger partial charge in [0.25, 0.3) is 0 Å². The molecule has 0 aliphatic carbocycles. The third-order valence-electron chi connectivity index (χ3n) is 3.31. The highest BCUT2D eigenvalue weighted by atomic mass is 32.2. The molecule has 0 atom stereocenters. The van der Waals surface area contributed by atoms with Crippen molar-refractivity contribution in [3.8, 4) is 0 Å². The summed E-state index contributed by atoms with van der Waals surface area (Å²) in [5.74, 6) is 0. The number of hydrogen-bond donors (Lipinski definition) is 1. The molecule has 0 fully saturated rings. The Morgan fingerprint density at radius 2 is 1.95 bits per heavy atom. The molecule has 0 aromatic heterocycles. The molecular weight excluding hydrogens is 256 g/mol. The number of anilines is 2. The molecule has 0 spiro atoms. The lowest BCUT2D eigenvalue weighted by Crippen LogP contribution is -2.07. The number of oxime groups is 1. The highest BCUT2D eigenvalue weighted by Gasteiger charge is 2.21. The van der Waals surface area contributed by atoms with Gasteiger partial charge in [-0.25, -0.2) is 0 Å². The van der Waals surface area contributed by atoms with Crippen molar-refractivity contribution in [2.24, 2.45) is 5.16 Å². The molecule has 0 unspecified atom stereocenters. The lowest BCUT2D eigenvalue weighted by molar-refractivity contribution is 0.174. The Kier molecular flexibility index (Phi) is 2.48. The van der Waals surface area contributed by atoms with Crippen LogP contribution in [0.4, 0.5) is 11.4 Å². The second-order valence-corrected chi connectivity index (χ2v) is 5.61. The Balaban J connectivity index is 1.83. The van der Waals surface area contributed by atoms with Crippen LogP contribution in [-0.2, 0) is 4.84 Å². The summed E-state index contributed by atoms with van der Waals surface area (Å²) in [4.78, 5) is 7.63. The number of hydrogen-bond acceptors (Lipinski definition) is 4. The predicted octanol–water partition coefficient (Wildman–Crippen LogP) is 4.02. The van der Waals surface area contributed by atoms with Gasteiger partial charge in [0.2, 0.25) is 0 Å². The number of para-hydroxylation sites is 2. The number of rotatable bonds is 1. The SMILES string of the molecule is c1ccc2c(c1)Nc1c(cccc1C1=NOCC1)S2. The molecular formula is C15H12N2OS. The summed E-state index contributed by atoms with van der Waals surface area (Å²) in [7, 11) is 0. The second kappa shape index (κ2) is 4.31. The van der Waals surface area contributed by atoms with E-state index in [0.717, 1.165) is 29.1 Å². The van der Waals surface area contributed by atoms with Crippen molar-refractivity contribution in [2.75, 3.05) is 11.9 Å². The van der Waals surface area contributed by atoms with Gasteiger partial charge in [0.1, 0.15) is 6.61 Å². The van der Waals surface area contributed by atoms with E-state index in [1.165, 1.54) is 9.79 Å². The standard InChI is InChI=1S/C15H12N2OS/c1-2-6-13-12(5-1)16-15-10(11-8-9-18-17-11)4-3-7-14(15)19-13/h1-7,16H,8-9H2. The maximum absolute atomic E-state index is 5.13. The maximum atomic E-state index is 5.13. The van der Waals surface area contributed by atoms with Gasteiger partial charge in [-0.1, -0.05) is 41.2 Å². The van der Waals surface area contributed by atoms with Crippen LogP contribution in [0.25, 0.3) is 0 Å². The molecule has 0 saturated carbocycles. The molecule has 0 radical (unpaired) electrons. The van der Waals surface area contributed by atoms with E-state index in [9.17, 15) is 0 Å². The van der Waals surface area contributed by atoms with Gasteiger partial charge in [-0.2, -0.15) is 0 Å². The van der Waals surface area contributed by atoms with E-state index in [1.54, 1.807) is 11.8 Å². The molecule has 0 bridgehead atoms. The molecule has 4 rings (SSSR count). The highest BCUT2D eigenvalue weighted by Crippen LogP contribution is 2.45. The third kappa shape index (κ3) is 1.79. The minimum absolute atomic E-state index is 0.683. The predicted molar refractivity (Wildman–Crippen MR) is 77.4 cm³/mol. The second-order valence-electron chi connectivity index (χ2n) is 4.52. The first kappa shape index (κ1) is 10.9. The summed E-state index contributed by atoms with van der Waals surface area (Å²) in [6.07, 6.45) is 0.879. The minimum atomic E-state index is 0.683. The molecule has 0 amide bonds. The average molecular weight is 268 g/mol. The summed E-state index contributed by atoms with van der Waals surface area (Å²) >= 11 is 1.80. The zero-order valence-corrected chi connectivity index (χ0v) is 11.0. The largest absolute Gasteiger partial charge is 0.395 e. The number of fused-ring (bicyclic) bond motifs is 2. The van der Waals surface area contributed by atoms with Gasteiger partial charge < -0.3 is 10.2 Å². The summed E-state index contributed by atoms with van der Waals surface area (Å²) in [6, 6.07) is 14.7. The van der Waals surface area contributed by atoms with E-state index in [1.807, 2.05) is 0 Å². The fourth-order valence-electron chi connectivity index (χ4n) is 2.39. The van der Waals surface area contributed by atoms with Crippen LogP contribution >= 0.6 is 11.8 Å². The van der Waals surface area contributed by atoms with Crippen LogP contribution in [0.1, 0.15) is 12.0 Å². The molecule has 2 heterocycles. The van der Waals surface area contributed by atoms with Gasteiger partial charge in [0.15, 0.2) is 0 Å². The first-order valence-electron chi connectivity index (χ1n) is 6.28.